The normalized spacial score (nSPS) is 21.4. The first-order chi connectivity index (χ1) is 17.2. The fourth-order valence-corrected chi connectivity index (χ4v) is 5.45. The molecule has 3 fully saturated rings. The summed E-state index contributed by atoms with van der Waals surface area (Å²) in [4.78, 5) is 17.9. The molecule has 0 spiro atoms. The topological polar surface area (TPSA) is 56.2 Å². The Morgan fingerprint density at radius 3 is 2.63 bits per heavy atom. The predicted octanol–water partition coefficient (Wildman–Crippen LogP) is 3.56. The number of pyridine rings is 1. The number of benzene rings is 2. The molecule has 0 unspecified atom stereocenters. The summed E-state index contributed by atoms with van der Waals surface area (Å²) in [5, 5.41) is 1.31. The Bertz CT molecular complexity index is 1270. The minimum atomic E-state index is -0.358. The summed E-state index contributed by atoms with van der Waals surface area (Å²) in [7, 11) is 0. The van der Waals surface area contributed by atoms with E-state index in [0.717, 1.165) is 38.0 Å². The van der Waals surface area contributed by atoms with Crippen molar-refractivity contribution in [3.63, 3.8) is 0 Å². The predicted molar refractivity (Wildman–Crippen MR) is 132 cm³/mol. The van der Waals surface area contributed by atoms with Gasteiger partial charge in [-0.2, -0.15) is 0 Å². The quantitative estimate of drug-likeness (QED) is 0.539. The summed E-state index contributed by atoms with van der Waals surface area (Å²) in [5.74, 6) is 0.346. The zero-order valence-electron chi connectivity index (χ0n) is 19.7. The van der Waals surface area contributed by atoms with Gasteiger partial charge in [-0.15, -0.1) is 0 Å². The Balaban J connectivity index is 1.20. The second-order valence-electron chi connectivity index (χ2n) is 9.49. The molecule has 0 N–H and O–H groups in total. The second kappa shape index (κ2) is 9.60. The van der Waals surface area contributed by atoms with Crippen molar-refractivity contribution in [3.05, 3.63) is 64.8 Å². The van der Waals surface area contributed by atoms with Crippen molar-refractivity contribution in [1.29, 1.82) is 0 Å². The van der Waals surface area contributed by atoms with Crippen LogP contribution >= 0.6 is 0 Å². The van der Waals surface area contributed by atoms with Crippen molar-refractivity contribution in [1.82, 2.24) is 9.47 Å². The lowest BCUT2D eigenvalue weighted by molar-refractivity contribution is -0.0683. The van der Waals surface area contributed by atoms with Gasteiger partial charge in [0, 0.05) is 36.8 Å². The van der Waals surface area contributed by atoms with Crippen molar-refractivity contribution in [3.8, 4) is 11.4 Å². The zero-order chi connectivity index (χ0) is 23.8. The van der Waals surface area contributed by atoms with Gasteiger partial charge in [-0.05, 0) is 74.1 Å². The Morgan fingerprint density at radius 1 is 1.00 bits per heavy atom. The van der Waals surface area contributed by atoms with Gasteiger partial charge in [0.25, 0.3) is 5.56 Å². The van der Waals surface area contributed by atoms with E-state index in [1.807, 2.05) is 18.2 Å². The number of rotatable bonds is 6. The summed E-state index contributed by atoms with van der Waals surface area (Å²) >= 11 is 0. The van der Waals surface area contributed by atoms with Gasteiger partial charge in [0.1, 0.15) is 18.2 Å². The molecular formula is C27H30FN3O4. The molecule has 7 nitrogen and oxygen atoms in total. The number of nitrogens with zero attached hydrogens (tertiary/aromatic N) is 3. The number of anilines is 1. The van der Waals surface area contributed by atoms with E-state index >= 15 is 4.39 Å². The molecule has 3 aliphatic heterocycles. The molecule has 2 aromatic carbocycles. The van der Waals surface area contributed by atoms with Gasteiger partial charge in [-0.25, -0.2) is 4.39 Å². The smallest absolute Gasteiger partial charge is 0.262 e. The minimum absolute atomic E-state index is 0.195. The van der Waals surface area contributed by atoms with Crippen molar-refractivity contribution < 1.29 is 18.6 Å². The number of fused-ring (bicyclic) bond motifs is 1. The lowest BCUT2D eigenvalue weighted by Gasteiger charge is -2.25. The third-order valence-electron chi connectivity index (χ3n) is 7.32. The van der Waals surface area contributed by atoms with E-state index in [1.54, 1.807) is 24.4 Å². The molecule has 3 saturated heterocycles. The molecule has 184 valence electrons. The Labute approximate surface area is 203 Å². The van der Waals surface area contributed by atoms with E-state index in [1.165, 1.54) is 23.5 Å². The number of likely N-dealkylation sites (tertiary alicyclic amines) is 1. The van der Waals surface area contributed by atoms with Crippen LogP contribution in [0.4, 0.5) is 10.1 Å². The van der Waals surface area contributed by atoms with Gasteiger partial charge in [0.05, 0.1) is 24.6 Å². The molecule has 0 bridgehead atoms. The van der Waals surface area contributed by atoms with Crippen molar-refractivity contribution in [2.75, 3.05) is 50.9 Å². The molecule has 0 saturated carbocycles. The third kappa shape index (κ3) is 4.53. The van der Waals surface area contributed by atoms with Gasteiger partial charge < -0.3 is 19.1 Å². The first-order valence-electron chi connectivity index (χ1n) is 12.5. The number of halogens is 1. The standard InChI is InChI=1S/C27H30FN3O4/c28-24-16-20(3-6-25(24)30-11-8-21(17-30)29-9-1-2-10-29)31-12-7-19-15-22(4-5-23(19)27(31)32)35-18-26-33-13-14-34-26/h3-7,12,15-16,21,26H,1-2,8-11,13-14,17-18H2/t21-/m1/s1. The molecule has 4 heterocycles. The average molecular weight is 480 g/mol. The number of ether oxygens (including phenoxy) is 3. The van der Waals surface area contributed by atoms with Crippen LogP contribution in [-0.4, -0.2) is 67.8 Å². The largest absolute Gasteiger partial charge is 0.488 e. The minimum Gasteiger partial charge on any atom is -0.488 e. The summed E-state index contributed by atoms with van der Waals surface area (Å²) in [5.41, 5.74) is 0.935. The Morgan fingerprint density at radius 2 is 1.83 bits per heavy atom. The van der Waals surface area contributed by atoms with E-state index in [-0.39, 0.29) is 17.7 Å². The fourth-order valence-electron chi connectivity index (χ4n) is 5.45. The molecule has 35 heavy (non-hydrogen) atoms. The van der Waals surface area contributed by atoms with E-state index < -0.39 is 0 Å². The van der Waals surface area contributed by atoms with Gasteiger partial charge in [-0.1, -0.05) is 0 Å². The SMILES string of the molecule is O=c1c2ccc(OCC3OCCO3)cc2ccn1-c1ccc(N2CC[C@@H](N3CCCC3)C2)c(F)c1. The number of hydrogen-bond donors (Lipinski definition) is 0. The van der Waals surface area contributed by atoms with Gasteiger partial charge in [0.2, 0.25) is 0 Å². The number of hydrogen-bond acceptors (Lipinski definition) is 6. The average Bonchev–Trinajstić information content (AvgIpc) is 3.66. The van der Waals surface area contributed by atoms with Crippen molar-refractivity contribution >= 4 is 16.5 Å². The highest BCUT2D eigenvalue weighted by Gasteiger charge is 2.30. The van der Waals surface area contributed by atoms with E-state index in [9.17, 15) is 4.79 Å². The molecule has 0 aliphatic carbocycles. The molecular weight excluding hydrogens is 449 g/mol. The van der Waals surface area contributed by atoms with Crippen LogP contribution in [0.2, 0.25) is 0 Å². The zero-order valence-corrected chi connectivity index (χ0v) is 19.7. The molecule has 6 rings (SSSR count). The van der Waals surface area contributed by atoms with Crippen LogP contribution < -0.4 is 15.2 Å². The van der Waals surface area contributed by atoms with E-state index in [0.29, 0.717) is 48.4 Å². The maximum atomic E-state index is 15.2. The van der Waals surface area contributed by atoms with Gasteiger partial charge in [0.15, 0.2) is 6.29 Å². The van der Waals surface area contributed by atoms with E-state index in [2.05, 4.69) is 9.80 Å². The third-order valence-corrected chi connectivity index (χ3v) is 7.32. The molecule has 1 atom stereocenters. The molecule has 1 aromatic heterocycles. The van der Waals surface area contributed by atoms with Crippen molar-refractivity contribution in [2.24, 2.45) is 0 Å². The maximum Gasteiger partial charge on any atom is 0.262 e. The lowest BCUT2D eigenvalue weighted by atomic mass is 10.1. The first kappa shape index (κ1) is 22.5. The highest BCUT2D eigenvalue weighted by atomic mass is 19.1. The summed E-state index contributed by atoms with van der Waals surface area (Å²) < 4.78 is 33.2. The maximum absolute atomic E-state index is 15.2. The summed E-state index contributed by atoms with van der Waals surface area (Å²) in [6.07, 6.45) is 4.92. The van der Waals surface area contributed by atoms with Crippen LogP contribution in [0.15, 0.2) is 53.5 Å². The first-order valence-corrected chi connectivity index (χ1v) is 12.5. The van der Waals surface area contributed by atoms with Crippen LogP contribution in [0.1, 0.15) is 19.3 Å². The summed E-state index contributed by atoms with van der Waals surface area (Å²) in [6, 6.07) is 12.8. The van der Waals surface area contributed by atoms with E-state index in [4.69, 9.17) is 14.2 Å². The van der Waals surface area contributed by atoms with Gasteiger partial charge >= 0.3 is 0 Å². The van der Waals surface area contributed by atoms with Gasteiger partial charge in [-0.3, -0.25) is 14.3 Å². The molecule has 8 heteroatoms. The fraction of sp³-hybridized carbons (Fsp3) is 0.444. The van der Waals surface area contributed by atoms with Crippen molar-refractivity contribution in [2.45, 2.75) is 31.6 Å². The lowest BCUT2D eigenvalue weighted by Crippen LogP contribution is -2.35. The van der Waals surface area contributed by atoms with Crippen LogP contribution in [0.5, 0.6) is 5.75 Å². The molecule has 3 aromatic rings. The molecule has 3 aliphatic rings. The molecule has 0 amide bonds. The highest BCUT2D eigenvalue weighted by Crippen LogP contribution is 2.29. The summed E-state index contributed by atoms with van der Waals surface area (Å²) in [6.45, 7) is 5.47. The Kier molecular flexibility index (Phi) is 6.18. The molecule has 0 radical (unpaired) electrons. The Hall–Kier alpha value is -2.94. The van der Waals surface area contributed by atoms with Crippen LogP contribution in [0.3, 0.4) is 0 Å². The highest BCUT2D eigenvalue weighted by molar-refractivity contribution is 5.83. The number of aromatic nitrogens is 1. The van der Waals surface area contributed by atoms with Crippen LogP contribution in [-0.2, 0) is 9.47 Å². The van der Waals surface area contributed by atoms with Crippen LogP contribution in [0.25, 0.3) is 16.5 Å². The monoisotopic (exact) mass is 479 g/mol. The van der Waals surface area contributed by atoms with Crippen LogP contribution in [0, 0.1) is 5.82 Å². The second-order valence-corrected chi connectivity index (χ2v) is 9.49.